The molecule has 0 aliphatic heterocycles. The summed E-state index contributed by atoms with van der Waals surface area (Å²) in [5.74, 6) is 1.46. The normalized spacial score (nSPS) is 11.3. The number of nitrogens with two attached hydrogens (primary N) is 1. The van der Waals surface area contributed by atoms with Crippen molar-refractivity contribution in [2.45, 2.75) is 20.4 Å². The van der Waals surface area contributed by atoms with Crippen LogP contribution in [0.15, 0.2) is 42.7 Å². The molecule has 0 radical (unpaired) electrons. The van der Waals surface area contributed by atoms with Gasteiger partial charge in [-0.3, -0.25) is 4.98 Å². The Morgan fingerprint density at radius 1 is 1.20 bits per heavy atom. The van der Waals surface area contributed by atoms with Crippen molar-refractivity contribution >= 4 is 16.7 Å². The minimum Gasteiger partial charge on any atom is -0.397 e. The Hall–Kier alpha value is -2.36. The Morgan fingerprint density at radius 2 is 2.05 bits per heavy atom. The maximum Gasteiger partial charge on any atom is 0.142 e. The number of fused-ring (bicyclic) bond motifs is 1. The molecule has 0 saturated carbocycles. The lowest BCUT2D eigenvalue weighted by atomic mass is 10.2. The molecule has 1 aromatic carbocycles. The number of rotatable bonds is 3. The third-order valence-electron chi connectivity index (χ3n) is 3.28. The number of imidazole rings is 1. The molecule has 20 heavy (non-hydrogen) atoms. The van der Waals surface area contributed by atoms with Crippen LogP contribution < -0.4 is 5.73 Å². The summed E-state index contributed by atoms with van der Waals surface area (Å²) in [5.41, 5.74) is 9.74. The first-order valence-corrected chi connectivity index (χ1v) is 6.82. The van der Waals surface area contributed by atoms with Crippen molar-refractivity contribution in [1.29, 1.82) is 0 Å². The zero-order valence-corrected chi connectivity index (χ0v) is 11.7. The first-order valence-electron chi connectivity index (χ1n) is 6.82. The zero-order chi connectivity index (χ0) is 14.1. The average molecular weight is 266 g/mol. The highest BCUT2D eigenvalue weighted by atomic mass is 15.1. The second-order valence-corrected chi connectivity index (χ2v) is 5.40. The van der Waals surface area contributed by atoms with E-state index in [1.165, 1.54) is 0 Å². The highest BCUT2D eigenvalue weighted by Gasteiger charge is 2.14. The van der Waals surface area contributed by atoms with Gasteiger partial charge in [-0.25, -0.2) is 4.98 Å². The van der Waals surface area contributed by atoms with Crippen molar-refractivity contribution in [2.75, 3.05) is 5.73 Å². The summed E-state index contributed by atoms with van der Waals surface area (Å²) < 4.78 is 2.23. The van der Waals surface area contributed by atoms with Crippen LogP contribution >= 0.6 is 0 Å². The van der Waals surface area contributed by atoms with Crippen LogP contribution in [-0.2, 0) is 6.54 Å². The van der Waals surface area contributed by atoms with E-state index in [9.17, 15) is 0 Å². The first-order chi connectivity index (χ1) is 9.66. The molecular weight excluding hydrogens is 248 g/mol. The van der Waals surface area contributed by atoms with Gasteiger partial charge in [0, 0.05) is 24.5 Å². The number of benzene rings is 1. The Labute approximate surface area is 118 Å². The Morgan fingerprint density at radius 3 is 2.75 bits per heavy atom. The summed E-state index contributed by atoms with van der Waals surface area (Å²) in [6.07, 6.45) is 3.61. The monoisotopic (exact) mass is 266 g/mol. The van der Waals surface area contributed by atoms with Crippen molar-refractivity contribution in [1.82, 2.24) is 14.5 Å². The predicted octanol–water partition coefficient (Wildman–Crippen LogP) is 3.34. The van der Waals surface area contributed by atoms with E-state index in [2.05, 4.69) is 29.5 Å². The Balaban J connectivity index is 2.27. The maximum atomic E-state index is 6.06. The van der Waals surface area contributed by atoms with Crippen LogP contribution in [0, 0.1) is 5.92 Å². The summed E-state index contributed by atoms with van der Waals surface area (Å²) in [6, 6.07) is 9.89. The maximum absolute atomic E-state index is 6.06. The van der Waals surface area contributed by atoms with E-state index in [1.807, 2.05) is 30.5 Å². The third-order valence-corrected chi connectivity index (χ3v) is 3.28. The highest BCUT2D eigenvalue weighted by Crippen LogP contribution is 2.28. The largest absolute Gasteiger partial charge is 0.397 e. The summed E-state index contributed by atoms with van der Waals surface area (Å²) in [7, 11) is 0. The van der Waals surface area contributed by atoms with Crippen LogP contribution in [0.3, 0.4) is 0 Å². The van der Waals surface area contributed by atoms with Crippen LogP contribution in [0.25, 0.3) is 22.4 Å². The summed E-state index contributed by atoms with van der Waals surface area (Å²) in [4.78, 5) is 8.92. The van der Waals surface area contributed by atoms with Gasteiger partial charge in [-0.2, -0.15) is 0 Å². The summed E-state index contributed by atoms with van der Waals surface area (Å²) in [6.45, 7) is 5.31. The van der Waals surface area contributed by atoms with Gasteiger partial charge in [0.05, 0.1) is 11.2 Å². The molecule has 3 rings (SSSR count). The minimum atomic E-state index is 0.532. The lowest BCUT2D eigenvalue weighted by molar-refractivity contribution is 0.536. The van der Waals surface area contributed by atoms with E-state index in [-0.39, 0.29) is 0 Å². The van der Waals surface area contributed by atoms with Crippen LogP contribution in [0.2, 0.25) is 0 Å². The number of hydrogen-bond donors (Lipinski definition) is 1. The van der Waals surface area contributed by atoms with Crippen LogP contribution in [0.1, 0.15) is 13.8 Å². The molecular formula is C16H18N4. The fourth-order valence-electron chi connectivity index (χ4n) is 2.43. The fraction of sp³-hybridized carbons (Fsp3) is 0.250. The minimum absolute atomic E-state index is 0.532. The van der Waals surface area contributed by atoms with Gasteiger partial charge in [0.15, 0.2) is 0 Å². The molecule has 2 heterocycles. The van der Waals surface area contributed by atoms with Crippen molar-refractivity contribution < 1.29 is 0 Å². The molecule has 102 valence electrons. The Bertz CT molecular complexity index is 729. The number of nitrogens with zero attached hydrogens (tertiary/aromatic N) is 3. The number of hydrogen-bond acceptors (Lipinski definition) is 3. The van der Waals surface area contributed by atoms with Crippen LogP contribution in [0.5, 0.6) is 0 Å². The average Bonchev–Trinajstić information content (AvgIpc) is 2.80. The predicted molar refractivity (Wildman–Crippen MR) is 82.2 cm³/mol. The number of pyridine rings is 1. The fourth-order valence-corrected chi connectivity index (χ4v) is 2.43. The number of anilines is 1. The van der Waals surface area contributed by atoms with E-state index < -0.39 is 0 Å². The van der Waals surface area contributed by atoms with Gasteiger partial charge in [-0.05, 0) is 30.2 Å². The standard InChI is InChI=1S/C16H18N4/c1-11(2)10-20-14-7-3-6-13(17)15(14)19-16(20)12-5-4-8-18-9-12/h3-9,11H,10,17H2,1-2H3. The molecule has 0 fully saturated rings. The first kappa shape index (κ1) is 12.7. The summed E-state index contributed by atoms with van der Waals surface area (Å²) in [5, 5.41) is 0. The second kappa shape index (κ2) is 4.96. The van der Waals surface area contributed by atoms with Gasteiger partial charge in [0.2, 0.25) is 0 Å². The van der Waals surface area contributed by atoms with E-state index in [4.69, 9.17) is 10.7 Å². The lowest BCUT2D eigenvalue weighted by Crippen LogP contribution is -2.06. The van der Waals surface area contributed by atoms with Crippen molar-refractivity contribution in [3.8, 4) is 11.4 Å². The molecule has 4 heteroatoms. The third kappa shape index (κ3) is 2.13. The van der Waals surface area contributed by atoms with Crippen LogP contribution in [-0.4, -0.2) is 14.5 Å². The molecule has 0 aliphatic carbocycles. The molecule has 0 amide bonds. The molecule has 0 bridgehead atoms. The van der Waals surface area contributed by atoms with Crippen molar-refractivity contribution in [3.05, 3.63) is 42.7 Å². The second-order valence-electron chi connectivity index (χ2n) is 5.40. The molecule has 0 aliphatic rings. The molecule has 0 atom stereocenters. The molecule has 2 N–H and O–H groups in total. The van der Waals surface area contributed by atoms with Crippen LogP contribution in [0.4, 0.5) is 5.69 Å². The molecule has 0 saturated heterocycles. The number of para-hydroxylation sites is 1. The molecule has 0 spiro atoms. The smallest absolute Gasteiger partial charge is 0.142 e. The zero-order valence-electron chi connectivity index (χ0n) is 11.7. The van der Waals surface area contributed by atoms with Crippen molar-refractivity contribution in [3.63, 3.8) is 0 Å². The topological polar surface area (TPSA) is 56.7 Å². The number of nitrogen functional groups attached to an aromatic ring is 1. The van der Waals surface area contributed by atoms with Gasteiger partial charge in [0.1, 0.15) is 11.3 Å². The molecule has 0 unspecified atom stereocenters. The Kier molecular flexibility index (Phi) is 3.14. The van der Waals surface area contributed by atoms with E-state index in [0.717, 1.165) is 34.7 Å². The highest BCUT2D eigenvalue weighted by molar-refractivity contribution is 5.90. The molecule has 2 aromatic heterocycles. The van der Waals surface area contributed by atoms with E-state index >= 15 is 0 Å². The lowest BCUT2D eigenvalue weighted by Gasteiger charge is -2.11. The van der Waals surface area contributed by atoms with Crippen molar-refractivity contribution in [2.24, 2.45) is 5.92 Å². The van der Waals surface area contributed by atoms with E-state index in [1.54, 1.807) is 6.20 Å². The van der Waals surface area contributed by atoms with Gasteiger partial charge >= 0.3 is 0 Å². The van der Waals surface area contributed by atoms with Gasteiger partial charge in [-0.1, -0.05) is 19.9 Å². The quantitative estimate of drug-likeness (QED) is 0.740. The molecule has 4 nitrogen and oxygen atoms in total. The van der Waals surface area contributed by atoms with Gasteiger partial charge < -0.3 is 10.3 Å². The SMILES string of the molecule is CC(C)Cn1c(-c2cccnc2)nc2c(N)cccc21. The van der Waals surface area contributed by atoms with Gasteiger partial charge in [0.25, 0.3) is 0 Å². The molecule has 3 aromatic rings. The van der Waals surface area contributed by atoms with Gasteiger partial charge in [-0.15, -0.1) is 0 Å². The number of aromatic nitrogens is 3. The summed E-state index contributed by atoms with van der Waals surface area (Å²) >= 11 is 0. The van der Waals surface area contributed by atoms with E-state index in [0.29, 0.717) is 5.92 Å².